The number of hydrogen-bond donors (Lipinski definition) is 2. The summed E-state index contributed by atoms with van der Waals surface area (Å²) >= 11 is 0. The average Bonchev–Trinajstić information content (AvgIpc) is 3.63. The topological polar surface area (TPSA) is 84.8 Å². The number of hydrogen-bond acceptors (Lipinski definition) is 5. The number of benzene rings is 3. The molecule has 0 saturated carbocycles. The van der Waals surface area contributed by atoms with Crippen molar-refractivity contribution in [3.8, 4) is 39.6 Å². The van der Waals surface area contributed by atoms with Crippen molar-refractivity contribution < 1.29 is 9.53 Å². The van der Waals surface area contributed by atoms with Gasteiger partial charge in [-0.2, -0.15) is 0 Å². The molecule has 0 saturated heterocycles. The minimum absolute atomic E-state index is 0.409. The highest BCUT2D eigenvalue weighted by Crippen LogP contribution is 2.35. The molecule has 0 atom stereocenters. The van der Waals surface area contributed by atoms with Crippen LogP contribution in [0.4, 0.5) is 5.69 Å². The highest BCUT2D eigenvalue weighted by molar-refractivity contribution is 5.89. The maximum atomic E-state index is 11.7. The molecular formula is C29H25N5O2. The maximum absolute atomic E-state index is 11.7. The monoisotopic (exact) mass is 475 g/mol. The van der Waals surface area contributed by atoms with Gasteiger partial charge in [0.1, 0.15) is 5.82 Å². The van der Waals surface area contributed by atoms with E-state index in [1.807, 2.05) is 66.3 Å². The number of esters is 1. The predicted molar refractivity (Wildman–Crippen MR) is 143 cm³/mol. The van der Waals surface area contributed by atoms with Gasteiger partial charge in [-0.15, -0.1) is 0 Å². The number of aromatic amines is 1. The van der Waals surface area contributed by atoms with Gasteiger partial charge in [-0.25, -0.2) is 14.8 Å². The van der Waals surface area contributed by atoms with Gasteiger partial charge in [0, 0.05) is 53.6 Å². The molecule has 7 heteroatoms. The van der Waals surface area contributed by atoms with E-state index in [9.17, 15) is 4.79 Å². The molecule has 0 unspecified atom stereocenters. The summed E-state index contributed by atoms with van der Waals surface area (Å²) in [6.07, 6.45) is 8.59. The molecule has 5 rings (SSSR count). The van der Waals surface area contributed by atoms with Gasteiger partial charge >= 0.3 is 5.97 Å². The van der Waals surface area contributed by atoms with Crippen molar-refractivity contribution in [2.45, 2.75) is 0 Å². The van der Waals surface area contributed by atoms with Crippen LogP contribution in [0.5, 0.6) is 0 Å². The Morgan fingerprint density at radius 3 is 2.44 bits per heavy atom. The van der Waals surface area contributed by atoms with E-state index < -0.39 is 5.97 Å². The molecule has 178 valence electrons. The molecule has 0 spiro atoms. The van der Waals surface area contributed by atoms with Gasteiger partial charge in [0.25, 0.3) is 0 Å². The lowest BCUT2D eigenvalue weighted by Gasteiger charge is -2.07. The second kappa shape index (κ2) is 10.1. The summed E-state index contributed by atoms with van der Waals surface area (Å²) in [6.45, 7) is 0. The molecular weight excluding hydrogens is 450 g/mol. The molecule has 5 aromatic rings. The Balaban J connectivity index is 1.61. The van der Waals surface area contributed by atoms with Crippen molar-refractivity contribution in [3.63, 3.8) is 0 Å². The Morgan fingerprint density at radius 2 is 1.75 bits per heavy atom. The van der Waals surface area contributed by atoms with E-state index in [0.29, 0.717) is 5.82 Å². The average molecular weight is 476 g/mol. The Bertz CT molecular complexity index is 1500. The molecule has 3 aromatic carbocycles. The van der Waals surface area contributed by atoms with E-state index in [-0.39, 0.29) is 0 Å². The molecule has 2 N–H and O–H groups in total. The molecule has 2 aromatic heterocycles. The van der Waals surface area contributed by atoms with E-state index in [0.717, 1.165) is 45.0 Å². The molecule has 0 fully saturated rings. The van der Waals surface area contributed by atoms with Gasteiger partial charge in [0.15, 0.2) is 0 Å². The van der Waals surface area contributed by atoms with Crippen LogP contribution in [0.25, 0.3) is 45.7 Å². The number of carbonyl (C=O) groups is 1. The largest absolute Gasteiger partial charge is 0.466 e. The zero-order chi connectivity index (χ0) is 24.9. The fraction of sp³-hybridized carbons (Fsp3) is 0.0690. The van der Waals surface area contributed by atoms with Crippen LogP contribution < -0.4 is 5.32 Å². The highest BCUT2D eigenvalue weighted by Gasteiger charge is 2.17. The number of rotatable bonds is 7. The molecule has 2 heterocycles. The quantitative estimate of drug-likeness (QED) is 0.229. The number of methoxy groups -OCH3 is 1. The van der Waals surface area contributed by atoms with Gasteiger partial charge in [-0.3, -0.25) is 0 Å². The minimum atomic E-state index is -0.409. The lowest BCUT2D eigenvalue weighted by atomic mass is 10.0. The van der Waals surface area contributed by atoms with Crippen LogP contribution in [0.3, 0.4) is 0 Å². The molecule has 0 aliphatic rings. The van der Waals surface area contributed by atoms with Crippen LogP contribution in [-0.2, 0) is 9.53 Å². The molecule has 0 amide bonds. The predicted octanol–water partition coefficient (Wildman–Crippen LogP) is 5.82. The maximum Gasteiger partial charge on any atom is 0.330 e. The first-order valence-corrected chi connectivity index (χ1v) is 11.5. The number of imidazole rings is 2. The van der Waals surface area contributed by atoms with E-state index in [4.69, 9.17) is 9.72 Å². The first kappa shape index (κ1) is 22.9. The molecule has 0 aliphatic carbocycles. The Morgan fingerprint density at radius 1 is 1.00 bits per heavy atom. The number of aromatic nitrogens is 4. The van der Waals surface area contributed by atoms with E-state index in [1.54, 1.807) is 18.6 Å². The van der Waals surface area contributed by atoms with Gasteiger partial charge in [-0.05, 0) is 35.9 Å². The lowest BCUT2D eigenvalue weighted by molar-refractivity contribution is -0.134. The second-order valence-corrected chi connectivity index (χ2v) is 8.10. The first-order valence-electron chi connectivity index (χ1n) is 11.5. The fourth-order valence-electron chi connectivity index (χ4n) is 4.01. The molecule has 0 radical (unpaired) electrons. The van der Waals surface area contributed by atoms with Gasteiger partial charge in [-0.1, -0.05) is 48.5 Å². The zero-order valence-corrected chi connectivity index (χ0v) is 20.0. The molecule has 0 aliphatic heterocycles. The summed E-state index contributed by atoms with van der Waals surface area (Å²) in [5.74, 6) is 0.301. The summed E-state index contributed by atoms with van der Waals surface area (Å²) in [5.41, 5.74) is 7.54. The minimum Gasteiger partial charge on any atom is -0.466 e. The van der Waals surface area contributed by atoms with Crippen LogP contribution in [0.1, 0.15) is 5.56 Å². The van der Waals surface area contributed by atoms with E-state index >= 15 is 0 Å². The summed E-state index contributed by atoms with van der Waals surface area (Å²) in [7, 11) is 3.26. The Hall–Kier alpha value is -4.91. The SMILES string of the molecule is CNc1ccc(-c2[nH]c(-c3ccccc3/C=C/C(=O)OC)nc2-c2ccc(-n3ccnc3)cc2)cc1. The van der Waals surface area contributed by atoms with Crippen molar-refractivity contribution in [1.82, 2.24) is 19.5 Å². The standard InChI is InChI=1S/C29H25N5O2/c1-30-23-12-7-21(8-13-23)27-28(22-9-14-24(15-10-22)34-18-17-31-19-34)33-29(32-27)25-6-4-3-5-20(25)11-16-26(35)36-2/h3-19,30H,1-2H3,(H,32,33)/b16-11+. The van der Waals surface area contributed by atoms with E-state index in [2.05, 4.69) is 39.6 Å². The lowest BCUT2D eigenvalue weighted by Crippen LogP contribution is -1.94. The highest BCUT2D eigenvalue weighted by atomic mass is 16.5. The first-order chi connectivity index (χ1) is 17.7. The number of nitrogens with zero attached hydrogens (tertiary/aromatic N) is 3. The number of nitrogens with one attached hydrogen (secondary N) is 2. The van der Waals surface area contributed by atoms with Crippen molar-refractivity contribution in [2.75, 3.05) is 19.5 Å². The number of ether oxygens (including phenoxy) is 1. The summed E-state index contributed by atoms with van der Waals surface area (Å²) in [6, 6.07) is 24.2. The Kier molecular flexibility index (Phi) is 6.44. The number of H-pyrrole nitrogens is 1. The number of carbonyl (C=O) groups excluding carboxylic acids is 1. The third-order valence-corrected chi connectivity index (χ3v) is 5.93. The van der Waals surface area contributed by atoms with Gasteiger partial charge in [0.05, 0.1) is 24.8 Å². The Labute approximate surface area is 209 Å². The normalized spacial score (nSPS) is 11.1. The molecule has 36 heavy (non-hydrogen) atoms. The van der Waals surface area contributed by atoms with Crippen LogP contribution in [-0.4, -0.2) is 39.6 Å². The van der Waals surface area contributed by atoms with Gasteiger partial charge in [0.2, 0.25) is 0 Å². The third-order valence-electron chi connectivity index (χ3n) is 5.93. The van der Waals surface area contributed by atoms with Crippen LogP contribution >= 0.6 is 0 Å². The van der Waals surface area contributed by atoms with Crippen LogP contribution in [0.2, 0.25) is 0 Å². The third kappa shape index (κ3) is 4.67. The van der Waals surface area contributed by atoms with E-state index in [1.165, 1.54) is 13.2 Å². The van der Waals surface area contributed by atoms with Crippen LogP contribution in [0.15, 0.2) is 97.6 Å². The summed E-state index contributed by atoms with van der Waals surface area (Å²) < 4.78 is 6.71. The smallest absolute Gasteiger partial charge is 0.330 e. The second-order valence-electron chi connectivity index (χ2n) is 8.10. The van der Waals surface area contributed by atoms with Gasteiger partial charge < -0.3 is 19.6 Å². The van der Waals surface area contributed by atoms with Crippen molar-refractivity contribution >= 4 is 17.7 Å². The molecule has 7 nitrogen and oxygen atoms in total. The fourth-order valence-corrected chi connectivity index (χ4v) is 4.01. The van der Waals surface area contributed by atoms with Crippen LogP contribution in [0, 0.1) is 0 Å². The number of anilines is 1. The summed E-state index contributed by atoms with van der Waals surface area (Å²) in [4.78, 5) is 24.4. The summed E-state index contributed by atoms with van der Waals surface area (Å²) in [5, 5.41) is 3.16. The van der Waals surface area contributed by atoms with Crippen molar-refractivity contribution in [3.05, 3.63) is 103 Å². The molecule has 0 bridgehead atoms. The zero-order valence-electron chi connectivity index (χ0n) is 20.0. The van der Waals surface area contributed by atoms with Crippen molar-refractivity contribution in [2.24, 2.45) is 0 Å². The van der Waals surface area contributed by atoms with Crippen molar-refractivity contribution in [1.29, 1.82) is 0 Å².